The second-order valence-corrected chi connectivity index (χ2v) is 3.21. The van der Waals surface area contributed by atoms with Crippen LogP contribution < -0.4 is 5.32 Å². The Bertz CT molecular complexity index is 182. The van der Waals surface area contributed by atoms with Crippen LogP contribution in [-0.2, 0) is 0 Å². The number of rotatable bonds is 0. The van der Waals surface area contributed by atoms with Gasteiger partial charge in [0.05, 0.1) is 0 Å². The molecule has 2 nitrogen and oxygen atoms in total. The largest absolute Gasteiger partial charge is 0.368 e. The summed E-state index contributed by atoms with van der Waals surface area (Å²) in [6.07, 6.45) is 9.26. The van der Waals surface area contributed by atoms with Crippen LogP contribution in [0.1, 0.15) is 39.5 Å². The first-order valence-corrected chi connectivity index (χ1v) is 4.76. The van der Waals surface area contributed by atoms with Crippen molar-refractivity contribution < 1.29 is 0 Å². The highest BCUT2D eigenvalue weighted by Crippen LogP contribution is 2.08. The molecule has 1 N–H and O–H groups in total. The molecule has 12 heavy (non-hydrogen) atoms. The van der Waals surface area contributed by atoms with Gasteiger partial charge in [-0.25, -0.2) is 0 Å². The molecule has 0 saturated carbocycles. The Morgan fingerprint density at radius 2 is 2.42 bits per heavy atom. The molecule has 1 aliphatic heterocycles. The third-order valence-electron chi connectivity index (χ3n) is 2.10. The lowest BCUT2D eigenvalue weighted by atomic mass is 10.1. The van der Waals surface area contributed by atoms with Crippen molar-refractivity contribution in [2.45, 2.75) is 45.7 Å². The normalized spacial score (nSPS) is 31.5. The van der Waals surface area contributed by atoms with Crippen molar-refractivity contribution in [2.24, 2.45) is 4.99 Å². The average molecular weight is 166 g/mol. The van der Waals surface area contributed by atoms with Crippen molar-refractivity contribution in [3.8, 4) is 0 Å². The molecule has 0 aromatic heterocycles. The molecule has 0 radical (unpaired) electrons. The van der Waals surface area contributed by atoms with Gasteiger partial charge in [0, 0.05) is 11.9 Å². The van der Waals surface area contributed by atoms with E-state index < -0.39 is 0 Å². The number of aliphatic imine (C=N–C) groups is 1. The summed E-state index contributed by atoms with van der Waals surface area (Å²) < 4.78 is 0. The Balaban J connectivity index is 2.53. The summed E-state index contributed by atoms with van der Waals surface area (Å²) in [6.45, 7) is 4.17. The van der Waals surface area contributed by atoms with E-state index in [1.807, 2.05) is 6.21 Å². The van der Waals surface area contributed by atoms with Crippen molar-refractivity contribution in [1.82, 2.24) is 5.32 Å². The minimum Gasteiger partial charge on any atom is -0.368 e. The molecule has 1 aliphatic rings. The first-order chi connectivity index (χ1) is 5.83. The van der Waals surface area contributed by atoms with Gasteiger partial charge in [-0.05, 0) is 39.5 Å². The lowest BCUT2D eigenvalue weighted by molar-refractivity contribution is 0.615. The van der Waals surface area contributed by atoms with Crippen LogP contribution in [0.15, 0.2) is 16.8 Å². The van der Waals surface area contributed by atoms with Crippen LogP contribution in [0.5, 0.6) is 0 Å². The predicted octanol–water partition coefficient (Wildman–Crippen LogP) is 2.47. The molecule has 1 unspecified atom stereocenters. The minimum absolute atomic E-state index is 0.245. The molecule has 68 valence electrons. The van der Waals surface area contributed by atoms with Crippen molar-refractivity contribution >= 4 is 6.21 Å². The highest BCUT2D eigenvalue weighted by atomic mass is 15.1. The molecule has 0 bridgehead atoms. The Morgan fingerprint density at radius 3 is 3.17 bits per heavy atom. The number of nitrogens with zero attached hydrogens (tertiary/aromatic N) is 1. The summed E-state index contributed by atoms with van der Waals surface area (Å²) in [5, 5.41) is 3.37. The first-order valence-electron chi connectivity index (χ1n) is 4.76. The number of nitrogens with one attached hydrogen (secondary N) is 1. The van der Waals surface area contributed by atoms with E-state index >= 15 is 0 Å². The van der Waals surface area contributed by atoms with Crippen LogP contribution in [0.2, 0.25) is 0 Å². The molecule has 0 spiro atoms. The Labute approximate surface area is 74.8 Å². The van der Waals surface area contributed by atoms with Crippen molar-refractivity contribution in [1.29, 1.82) is 0 Å². The summed E-state index contributed by atoms with van der Waals surface area (Å²) >= 11 is 0. The maximum Gasteiger partial charge on any atom is 0.115 e. The standard InChI is InChI=1S/C10H18N2/c1-3-10-7-5-4-6-8-11-9(2)12-10/h3,8-9,12H,4-7H2,1-2H3/b10-3-,11-8-. The van der Waals surface area contributed by atoms with E-state index in [-0.39, 0.29) is 6.17 Å². The van der Waals surface area contributed by atoms with E-state index in [2.05, 4.69) is 30.2 Å². The lowest BCUT2D eigenvalue weighted by Gasteiger charge is -2.12. The van der Waals surface area contributed by atoms with Crippen LogP contribution in [-0.4, -0.2) is 12.4 Å². The van der Waals surface area contributed by atoms with Gasteiger partial charge < -0.3 is 5.32 Å². The predicted molar refractivity (Wildman–Crippen MR) is 53.3 cm³/mol. The molecular weight excluding hydrogens is 148 g/mol. The van der Waals surface area contributed by atoms with Crippen molar-refractivity contribution in [2.75, 3.05) is 0 Å². The van der Waals surface area contributed by atoms with E-state index in [1.165, 1.54) is 25.0 Å². The topological polar surface area (TPSA) is 24.4 Å². The number of hydrogen-bond acceptors (Lipinski definition) is 2. The minimum atomic E-state index is 0.245. The van der Waals surface area contributed by atoms with Gasteiger partial charge in [-0.15, -0.1) is 0 Å². The third kappa shape index (κ3) is 3.07. The zero-order valence-corrected chi connectivity index (χ0v) is 8.01. The van der Waals surface area contributed by atoms with Gasteiger partial charge in [-0.1, -0.05) is 6.08 Å². The summed E-state index contributed by atoms with van der Waals surface area (Å²) in [5.74, 6) is 0. The lowest BCUT2D eigenvalue weighted by Crippen LogP contribution is -2.22. The van der Waals surface area contributed by atoms with Crippen LogP contribution in [0.4, 0.5) is 0 Å². The molecule has 0 fully saturated rings. The molecule has 0 aromatic carbocycles. The van der Waals surface area contributed by atoms with Gasteiger partial charge in [0.25, 0.3) is 0 Å². The van der Waals surface area contributed by atoms with Gasteiger partial charge in [0.15, 0.2) is 0 Å². The van der Waals surface area contributed by atoms with Gasteiger partial charge >= 0.3 is 0 Å². The van der Waals surface area contributed by atoms with Crippen LogP contribution in [0, 0.1) is 0 Å². The van der Waals surface area contributed by atoms with Crippen molar-refractivity contribution in [3.63, 3.8) is 0 Å². The molecule has 0 saturated heterocycles. The molecule has 1 rings (SSSR count). The molecule has 0 amide bonds. The quantitative estimate of drug-likeness (QED) is 0.587. The van der Waals surface area contributed by atoms with Gasteiger partial charge in [-0.3, -0.25) is 4.99 Å². The third-order valence-corrected chi connectivity index (χ3v) is 2.10. The Morgan fingerprint density at radius 1 is 1.58 bits per heavy atom. The summed E-state index contributed by atoms with van der Waals surface area (Å²) in [5.41, 5.74) is 1.33. The molecule has 0 aliphatic carbocycles. The van der Waals surface area contributed by atoms with Crippen molar-refractivity contribution in [3.05, 3.63) is 11.8 Å². The second kappa shape index (κ2) is 4.96. The second-order valence-electron chi connectivity index (χ2n) is 3.21. The average Bonchev–Trinajstić information content (AvgIpc) is 2.16. The Kier molecular flexibility index (Phi) is 3.85. The zero-order valence-electron chi connectivity index (χ0n) is 8.01. The van der Waals surface area contributed by atoms with Gasteiger partial charge in [0.1, 0.15) is 6.17 Å². The smallest absolute Gasteiger partial charge is 0.115 e. The highest BCUT2D eigenvalue weighted by Gasteiger charge is 2.02. The molecule has 1 heterocycles. The highest BCUT2D eigenvalue weighted by molar-refractivity contribution is 5.57. The fourth-order valence-corrected chi connectivity index (χ4v) is 1.39. The number of allylic oxidation sites excluding steroid dienone is 2. The van der Waals surface area contributed by atoms with E-state index in [9.17, 15) is 0 Å². The molecule has 0 aromatic rings. The van der Waals surface area contributed by atoms with E-state index in [1.54, 1.807) is 0 Å². The summed E-state index contributed by atoms with van der Waals surface area (Å²) in [4.78, 5) is 4.36. The molecule has 2 heteroatoms. The van der Waals surface area contributed by atoms with Crippen LogP contribution >= 0.6 is 0 Å². The fraction of sp³-hybridized carbons (Fsp3) is 0.700. The van der Waals surface area contributed by atoms with Gasteiger partial charge in [0.2, 0.25) is 0 Å². The summed E-state index contributed by atoms with van der Waals surface area (Å²) in [6, 6.07) is 0. The van der Waals surface area contributed by atoms with Gasteiger partial charge in [-0.2, -0.15) is 0 Å². The monoisotopic (exact) mass is 166 g/mol. The number of hydrogen-bond donors (Lipinski definition) is 1. The van der Waals surface area contributed by atoms with E-state index in [4.69, 9.17) is 0 Å². The summed E-state index contributed by atoms with van der Waals surface area (Å²) in [7, 11) is 0. The first kappa shape index (κ1) is 9.30. The molecular formula is C10H18N2. The maximum atomic E-state index is 4.36. The van der Waals surface area contributed by atoms with Crippen LogP contribution in [0.3, 0.4) is 0 Å². The van der Waals surface area contributed by atoms with E-state index in [0.29, 0.717) is 0 Å². The fourth-order valence-electron chi connectivity index (χ4n) is 1.39. The van der Waals surface area contributed by atoms with E-state index in [0.717, 1.165) is 6.42 Å². The zero-order chi connectivity index (χ0) is 8.81. The molecule has 1 atom stereocenters. The maximum absolute atomic E-state index is 4.36. The Hall–Kier alpha value is -0.790. The van der Waals surface area contributed by atoms with Crippen LogP contribution in [0.25, 0.3) is 0 Å². The SMILES string of the molecule is C/C=C1/CCCC/C=N\C(C)N1.